The number of ketones is 1. The number of nitrogens with two attached hydrogens (primary N) is 1. The van der Waals surface area contributed by atoms with Crippen LogP contribution in [0.3, 0.4) is 0 Å². The van der Waals surface area contributed by atoms with Crippen LogP contribution in [0.1, 0.15) is 26.7 Å². The molecule has 0 radical (unpaired) electrons. The third-order valence-corrected chi connectivity index (χ3v) is 2.35. The maximum atomic E-state index is 11.7. The first kappa shape index (κ1) is 9.68. The quantitative estimate of drug-likeness (QED) is 0.626. The number of nitrogens with one attached hydrogen (secondary N) is 1. The van der Waals surface area contributed by atoms with Crippen molar-refractivity contribution in [2.45, 2.75) is 32.2 Å². The molecule has 0 aliphatic carbocycles. The highest BCUT2D eigenvalue weighted by Gasteiger charge is 2.30. The Labute approximate surface area is 73.7 Å². The van der Waals surface area contributed by atoms with Gasteiger partial charge in [0.15, 0.2) is 5.78 Å². The summed E-state index contributed by atoms with van der Waals surface area (Å²) in [5.41, 5.74) is 5.09. The summed E-state index contributed by atoms with van der Waals surface area (Å²) in [5, 5.41) is 3.23. The highest BCUT2D eigenvalue weighted by molar-refractivity contribution is 5.89. The molecule has 1 aliphatic rings. The molecule has 0 unspecified atom stereocenters. The summed E-state index contributed by atoms with van der Waals surface area (Å²) in [6, 6.07) is 0. The normalized spacial score (nSPS) is 20.9. The van der Waals surface area contributed by atoms with Gasteiger partial charge in [-0.05, 0) is 39.8 Å². The smallest absolute Gasteiger partial charge is 0.155 e. The molecule has 0 aromatic carbocycles. The first-order valence-corrected chi connectivity index (χ1v) is 4.56. The van der Waals surface area contributed by atoms with Crippen molar-refractivity contribution in [1.82, 2.24) is 5.32 Å². The number of carbonyl (C=O) groups excluding carboxylic acids is 1. The van der Waals surface area contributed by atoms with Gasteiger partial charge in [-0.2, -0.15) is 0 Å². The first-order valence-electron chi connectivity index (χ1n) is 4.56. The van der Waals surface area contributed by atoms with Crippen LogP contribution in [0.4, 0.5) is 0 Å². The second kappa shape index (κ2) is 3.54. The Kier molecular flexibility index (Phi) is 2.85. The van der Waals surface area contributed by atoms with Crippen molar-refractivity contribution >= 4 is 5.78 Å². The van der Waals surface area contributed by atoms with E-state index in [-0.39, 0.29) is 11.7 Å². The Morgan fingerprint density at radius 2 is 1.92 bits per heavy atom. The molecular weight excluding hydrogens is 152 g/mol. The van der Waals surface area contributed by atoms with Crippen molar-refractivity contribution in [3.63, 3.8) is 0 Å². The monoisotopic (exact) mass is 170 g/mol. The summed E-state index contributed by atoms with van der Waals surface area (Å²) in [4.78, 5) is 11.7. The van der Waals surface area contributed by atoms with E-state index in [4.69, 9.17) is 5.73 Å². The van der Waals surface area contributed by atoms with Gasteiger partial charge in [-0.25, -0.2) is 0 Å². The van der Waals surface area contributed by atoms with Gasteiger partial charge in [0.25, 0.3) is 0 Å². The number of Topliss-reactive ketones (excluding diaryl/α,β-unsaturated/α-hetero) is 1. The van der Waals surface area contributed by atoms with E-state index in [1.807, 2.05) is 0 Å². The zero-order valence-electron chi connectivity index (χ0n) is 7.89. The molecule has 1 saturated heterocycles. The lowest BCUT2D eigenvalue weighted by molar-refractivity contribution is -0.127. The minimum atomic E-state index is -0.651. The molecule has 1 rings (SSSR count). The first-order chi connectivity index (χ1) is 5.52. The van der Waals surface area contributed by atoms with Crippen LogP contribution in [0.25, 0.3) is 0 Å². The van der Waals surface area contributed by atoms with Crippen molar-refractivity contribution < 1.29 is 4.79 Å². The minimum absolute atomic E-state index is 0.186. The average molecular weight is 170 g/mol. The maximum Gasteiger partial charge on any atom is 0.155 e. The predicted molar refractivity (Wildman–Crippen MR) is 48.9 cm³/mol. The van der Waals surface area contributed by atoms with Crippen LogP contribution in [0.2, 0.25) is 0 Å². The van der Waals surface area contributed by atoms with Gasteiger partial charge in [0.1, 0.15) is 0 Å². The van der Waals surface area contributed by atoms with Crippen LogP contribution >= 0.6 is 0 Å². The molecule has 0 amide bonds. The Hall–Kier alpha value is -0.410. The van der Waals surface area contributed by atoms with Crippen molar-refractivity contribution in [3.8, 4) is 0 Å². The summed E-state index contributed by atoms with van der Waals surface area (Å²) < 4.78 is 0. The van der Waals surface area contributed by atoms with Gasteiger partial charge in [0.05, 0.1) is 5.54 Å². The lowest BCUT2D eigenvalue weighted by atomic mass is 9.84. The van der Waals surface area contributed by atoms with E-state index in [9.17, 15) is 4.79 Å². The molecule has 3 nitrogen and oxygen atoms in total. The van der Waals surface area contributed by atoms with E-state index >= 15 is 0 Å². The summed E-state index contributed by atoms with van der Waals surface area (Å²) in [5.74, 6) is 0.398. The van der Waals surface area contributed by atoms with Crippen molar-refractivity contribution in [3.05, 3.63) is 0 Å². The SMILES string of the molecule is CC(C)(N)C(=O)C1CCNCC1. The Balaban J connectivity index is 2.51. The molecule has 70 valence electrons. The van der Waals surface area contributed by atoms with Crippen LogP contribution in [0, 0.1) is 5.92 Å². The van der Waals surface area contributed by atoms with Gasteiger partial charge >= 0.3 is 0 Å². The van der Waals surface area contributed by atoms with Gasteiger partial charge in [-0.1, -0.05) is 0 Å². The average Bonchev–Trinajstić information content (AvgIpc) is 2.03. The molecule has 1 fully saturated rings. The summed E-state index contributed by atoms with van der Waals surface area (Å²) >= 11 is 0. The summed E-state index contributed by atoms with van der Waals surface area (Å²) in [6.07, 6.45) is 1.89. The second-order valence-electron chi connectivity index (χ2n) is 4.11. The summed E-state index contributed by atoms with van der Waals surface area (Å²) in [7, 11) is 0. The van der Waals surface area contributed by atoms with Gasteiger partial charge in [0.2, 0.25) is 0 Å². The largest absolute Gasteiger partial charge is 0.319 e. The van der Waals surface area contributed by atoms with Gasteiger partial charge in [0, 0.05) is 5.92 Å². The predicted octanol–water partition coefficient (Wildman–Crippen LogP) is 0.292. The molecule has 1 heterocycles. The third-order valence-electron chi connectivity index (χ3n) is 2.35. The van der Waals surface area contributed by atoms with Crippen LogP contribution in [0.5, 0.6) is 0 Å². The Morgan fingerprint density at radius 3 is 2.33 bits per heavy atom. The molecule has 0 atom stereocenters. The topological polar surface area (TPSA) is 55.1 Å². The van der Waals surface area contributed by atoms with Crippen molar-refractivity contribution in [1.29, 1.82) is 0 Å². The fourth-order valence-corrected chi connectivity index (χ4v) is 1.61. The number of hydrogen-bond donors (Lipinski definition) is 2. The van der Waals surface area contributed by atoms with Crippen LogP contribution in [0.15, 0.2) is 0 Å². The maximum absolute atomic E-state index is 11.7. The molecule has 0 spiro atoms. The number of piperidine rings is 1. The molecule has 3 heteroatoms. The van der Waals surface area contributed by atoms with Crippen molar-refractivity contribution in [2.75, 3.05) is 13.1 Å². The standard InChI is InChI=1S/C9H18N2O/c1-9(2,10)8(12)7-3-5-11-6-4-7/h7,11H,3-6,10H2,1-2H3. The molecular formula is C9H18N2O. The van der Waals surface area contributed by atoms with E-state index in [1.54, 1.807) is 13.8 Å². The highest BCUT2D eigenvalue weighted by atomic mass is 16.1. The van der Waals surface area contributed by atoms with Gasteiger partial charge in [-0.15, -0.1) is 0 Å². The lowest BCUT2D eigenvalue weighted by Crippen LogP contribution is -2.47. The van der Waals surface area contributed by atoms with Gasteiger partial charge in [-0.3, -0.25) is 4.79 Å². The summed E-state index contributed by atoms with van der Waals surface area (Å²) in [6.45, 7) is 5.48. The van der Waals surface area contributed by atoms with E-state index in [1.165, 1.54) is 0 Å². The highest BCUT2D eigenvalue weighted by Crippen LogP contribution is 2.18. The van der Waals surface area contributed by atoms with E-state index in [2.05, 4.69) is 5.32 Å². The zero-order chi connectivity index (χ0) is 9.19. The van der Waals surface area contributed by atoms with Crippen LogP contribution < -0.4 is 11.1 Å². The van der Waals surface area contributed by atoms with E-state index in [0.29, 0.717) is 0 Å². The fourth-order valence-electron chi connectivity index (χ4n) is 1.61. The Morgan fingerprint density at radius 1 is 1.42 bits per heavy atom. The fraction of sp³-hybridized carbons (Fsp3) is 0.889. The van der Waals surface area contributed by atoms with E-state index < -0.39 is 5.54 Å². The van der Waals surface area contributed by atoms with Crippen LogP contribution in [-0.4, -0.2) is 24.4 Å². The van der Waals surface area contributed by atoms with Gasteiger partial charge < -0.3 is 11.1 Å². The molecule has 1 aliphatic heterocycles. The molecule has 12 heavy (non-hydrogen) atoms. The molecule has 0 saturated carbocycles. The molecule has 0 aromatic heterocycles. The third kappa shape index (κ3) is 2.29. The number of rotatable bonds is 2. The second-order valence-corrected chi connectivity index (χ2v) is 4.11. The molecule has 0 bridgehead atoms. The molecule has 3 N–H and O–H groups in total. The van der Waals surface area contributed by atoms with Crippen LogP contribution in [-0.2, 0) is 4.79 Å². The Bertz CT molecular complexity index is 166. The minimum Gasteiger partial charge on any atom is -0.319 e. The van der Waals surface area contributed by atoms with E-state index in [0.717, 1.165) is 25.9 Å². The lowest BCUT2D eigenvalue weighted by Gasteiger charge is -2.27. The number of carbonyl (C=O) groups is 1. The zero-order valence-corrected chi connectivity index (χ0v) is 7.89. The van der Waals surface area contributed by atoms with Crippen molar-refractivity contribution in [2.24, 2.45) is 11.7 Å². The number of hydrogen-bond acceptors (Lipinski definition) is 3. The molecule has 0 aromatic rings.